The van der Waals surface area contributed by atoms with Crippen molar-refractivity contribution in [2.75, 3.05) is 10.6 Å². The average molecular weight is 448 g/mol. The zero-order valence-electron chi connectivity index (χ0n) is 18.1. The van der Waals surface area contributed by atoms with Gasteiger partial charge in [-0.3, -0.25) is 14.9 Å². The maximum absolute atomic E-state index is 12.6. The fourth-order valence-corrected chi connectivity index (χ4v) is 3.18. The van der Waals surface area contributed by atoms with Crippen LogP contribution in [-0.2, 0) is 0 Å². The van der Waals surface area contributed by atoms with Crippen LogP contribution in [0.1, 0.15) is 40.1 Å². The van der Waals surface area contributed by atoms with E-state index in [1.807, 2.05) is 45.0 Å². The molecule has 0 aliphatic heterocycles. The summed E-state index contributed by atoms with van der Waals surface area (Å²) in [5.74, 6) is -0.0447. The van der Waals surface area contributed by atoms with Crippen molar-refractivity contribution >= 4 is 40.5 Å². The highest BCUT2D eigenvalue weighted by atomic mass is 32.1. The zero-order valence-corrected chi connectivity index (χ0v) is 19.0. The van der Waals surface area contributed by atoms with Crippen molar-refractivity contribution in [2.45, 2.75) is 26.9 Å². The molecule has 0 fully saturated rings. The van der Waals surface area contributed by atoms with Gasteiger partial charge in [0.25, 0.3) is 11.8 Å². The van der Waals surface area contributed by atoms with E-state index in [4.69, 9.17) is 17.0 Å². The minimum absolute atomic E-state index is 0.0565. The van der Waals surface area contributed by atoms with Gasteiger partial charge >= 0.3 is 0 Å². The van der Waals surface area contributed by atoms with Crippen molar-refractivity contribution < 1.29 is 14.3 Å². The molecule has 0 unspecified atom stereocenters. The van der Waals surface area contributed by atoms with Crippen molar-refractivity contribution in [1.29, 1.82) is 0 Å². The molecular formula is C25H25N3O3S. The summed E-state index contributed by atoms with van der Waals surface area (Å²) in [4.78, 5) is 25.0. The van der Waals surface area contributed by atoms with Gasteiger partial charge in [0, 0.05) is 16.9 Å². The van der Waals surface area contributed by atoms with Gasteiger partial charge in [0.05, 0.1) is 11.7 Å². The lowest BCUT2D eigenvalue weighted by atomic mass is 10.1. The smallest absolute Gasteiger partial charge is 0.261 e. The highest BCUT2D eigenvalue weighted by Crippen LogP contribution is 2.20. The lowest BCUT2D eigenvalue weighted by Crippen LogP contribution is -2.34. The lowest BCUT2D eigenvalue weighted by molar-refractivity contribution is 0.0970. The van der Waals surface area contributed by atoms with E-state index in [1.54, 1.807) is 48.5 Å². The summed E-state index contributed by atoms with van der Waals surface area (Å²) in [6, 6.07) is 21.4. The van der Waals surface area contributed by atoms with Gasteiger partial charge in [-0.25, -0.2) is 0 Å². The monoisotopic (exact) mass is 447 g/mol. The minimum atomic E-state index is -0.360. The Labute approximate surface area is 193 Å². The topological polar surface area (TPSA) is 79.5 Å². The summed E-state index contributed by atoms with van der Waals surface area (Å²) in [7, 11) is 0. The zero-order chi connectivity index (χ0) is 23.1. The fraction of sp³-hybridized carbons (Fsp3) is 0.160. The van der Waals surface area contributed by atoms with Gasteiger partial charge in [0.15, 0.2) is 5.11 Å². The number of amides is 2. The second kappa shape index (κ2) is 10.5. The van der Waals surface area contributed by atoms with Crippen LogP contribution in [0.4, 0.5) is 11.4 Å². The number of carbonyl (C=O) groups is 2. The van der Waals surface area contributed by atoms with E-state index in [0.717, 1.165) is 5.56 Å². The SMILES string of the molecule is Cc1cccc(C(=O)Nc2ccc(NC(=S)NC(=O)c3ccccc3OC(C)C)cc2)c1. The molecular weight excluding hydrogens is 422 g/mol. The molecule has 3 rings (SSSR count). The van der Waals surface area contributed by atoms with Gasteiger partial charge in [-0.1, -0.05) is 29.8 Å². The van der Waals surface area contributed by atoms with Gasteiger partial charge in [0.1, 0.15) is 5.75 Å². The van der Waals surface area contributed by atoms with Crippen LogP contribution >= 0.6 is 12.2 Å². The first-order valence-electron chi connectivity index (χ1n) is 10.2. The molecule has 6 nitrogen and oxygen atoms in total. The van der Waals surface area contributed by atoms with Crippen molar-refractivity contribution in [3.63, 3.8) is 0 Å². The van der Waals surface area contributed by atoms with Gasteiger partial charge < -0.3 is 15.4 Å². The molecule has 0 spiro atoms. The summed E-state index contributed by atoms with van der Waals surface area (Å²) >= 11 is 5.27. The molecule has 0 atom stereocenters. The number of carbonyl (C=O) groups excluding carboxylic acids is 2. The Kier molecular flexibility index (Phi) is 7.57. The predicted molar refractivity (Wildman–Crippen MR) is 131 cm³/mol. The van der Waals surface area contributed by atoms with E-state index in [9.17, 15) is 9.59 Å². The molecule has 0 saturated heterocycles. The van der Waals surface area contributed by atoms with E-state index in [2.05, 4.69) is 16.0 Å². The van der Waals surface area contributed by atoms with E-state index in [-0.39, 0.29) is 23.0 Å². The number of hydrogen-bond acceptors (Lipinski definition) is 4. The molecule has 32 heavy (non-hydrogen) atoms. The molecule has 3 aromatic rings. The van der Waals surface area contributed by atoms with Crippen molar-refractivity contribution in [1.82, 2.24) is 5.32 Å². The third-order valence-electron chi connectivity index (χ3n) is 4.40. The molecule has 7 heteroatoms. The standard InChI is InChI=1S/C25H25N3O3S/c1-16(2)31-22-10-5-4-9-21(22)24(30)28-25(32)27-20-13-11-19(12-14-20)26-23(29)18-8-6-7-17(3)15-18/h4-16H,1-3H3,(H,26,29)(H2,27,28,30,32). The molecule has 3 N–H and O–H groups in total. The van der Waals surface area contributed by atoms with Crippen LogP contribution in [0.15, 0.2) is 72.8 Å². The third-order valence-corrected chi connectivity index (χ3v) is 4.61. The van der Waals surface area contributed by atoms with E-state index >= 15 is 0 Å². The van der Waals surface area contributed by atoms with Crippen molar-refractivity contribution in [3.8, 4) is 5.75 Å². The Morgan fingerprint density at radius 3 is 2.16 bits per heavy atom. The van der Waals surface area contributed by atoms with Gasteiger partial charge in [-0.2, -0.15) is 0 Å². The molecule has 0 bridgehead atoms. The first-order chi connectivity index (χ1) is 15.3. The molecule has 0 aliphatic rings. The molecule has 3 aromatic carbocycles. The highest BCUT2D eigenvalue weighted by molar-refractivity contribution is 7.80. The van der Waals surface area contributed by atoms with Crippen LogP contribution in [0.3, 0.4) is 0 Å². The van der Waals surface area contributed by atoms with Gasteiger partial charge in [0.2, 0.25) is 0 Å². The number of ether oxygens (including phenoxy) is 1. The summed E-state index contributed by atoms with van der Waals surface area (Å²) < 4.78 is 5.69. The average Bonchev–Trinajstić information content (AvgIpc) is 2.75. The Balaban J connectivity index is 1.58. The Morgan fingerprint density at radius 1 is 0.844 bits per heavy atom. The first-order valence-corrected chi connectivity index (χ1v) is 10.6. The number of benzene rings is 3. The van der Waals surface area contributed by atoms with Crippen LogP contribution in [0.2, 0.25) is 0 Å². The molecule has 0 saturated carbocycles. The fourth-order valence-electron chi connectivity index (χ4n) is 2.97. The summed E-state index contributed by atoms with van der Waals surface area (Å²) in [6.07, 6.45) is -0.0565. The molecule has 0 radical (unpaired) electrons. The molecule has 0 heterocycles. The Hall–Kier alpha value is -3.71. The maximum atomic E-state index is 12.6. The number of rotatable bonds is 6. The van der Waals surface area contributed by atoms with Crippen LogP contribution in [0, 0.1) is 6.92 Å². The highest BCUT2D eigenvalue weighted by Gasteiger charge is 2.14. The number of hydrogen-bond donors (Lipinski definition) is 3. The van der Waals surface area contributed by atoms with Gasteiger partial charge in [-0.05, 0) is 81.5 Å². The molecule has 0 aromatic heterocycles. The quantitative estimate of drug-likeness (QED) is 0.455. The van der Waals surface area contributed by atoms with Crippen molar-refractivity contribution in [2.24, 2.45) is 0 Å². The first kappa shape index (κ1) is 23.0. The van der Waals surface area contributed by atoms with E-state index in [1.165, 1.54) is 0 Å². The summed E-state index contributed by atoms with van der Waals surface area (Å²) in [5.41, 5.74) is 3.34. The number of anilines is 2. The number of aryl methyl sites for hydroxylation is 1. The van der Waals surface area contributed by atoms with Crippen LogP contribution in [0.25, 0.3) is 0 Å². The summed E-state index contributed by atoms with van der Waals surface area (Å²) in [6.45, 7) is 5.73. The van der Waals surface area contributed by atoms with E-state index < -0.39 is 0 Å². The maximum Gasteiger partial charge on any atom is 0.261 e. The normalized spacial score (nSPS) is 10.4. The molecule has 164 valence electrons. The third kappa shape index (κ3) is 6.39. The van der Waals surface area contributed by atoms with E-state index in [0.29, 0.717) is 28.3 Å². The molecule has 2 amide bonds. The number of nitrogens with one attached hydrogen (secondary N) is 3. The molecule has 0 aliphatic carbocycles. The predicted octanol–water partition coefficient (Wildman–Crippen LogP) is 5.16. The van der Waals surface area contributed by atoms with Crippen molar-refractivity contribution in [3.05, 3.63) is 89.5 Å². The number of para-hydroxylation sites is 1. The van der Waals surface area contributed by atoms with Gasteiger partial charge in [-0.15, -0.1) is 0 Å². The Bertz CT molecular complexity index is 1130. The van der Waals surface area contributed by atoms with Crippen LogP contribution < -0.4 is 20.7 Å². The second-order valence-electron chi connectivity index (χ2n) is 7.47. The van der Waals surface area contributed by atoms with Crippen LogP contribution in [0.5, 0.6) is 5.75 Å². The Morgan fingerprint density at radius 2 is 1.50 bits per heavy atom. The second-order valence-corrected chi connectivity index (χ2v) is 7.88. The number of thiocarbonyl (C=S) groups is 1. The lowest BCUT2D eigenvalue weighted by Gasteiger charge is -2.15. The largest absolute Gasteiger partial charge is 0.490 e. The summed E-state index contributed by atoms with van der Waals surface area (Å²) in [5, 5.41) is 8.65. The minimum Gasteiger partial charge on any atom is -0.490 e. The van der Waals surface area contributed by atoms with Crippen LogP contribution in [-0.4, -0.2) is 23.0 Å².